The van der Waals surface area contributed by atoms with Crippen molar-refractivity contribution in [2.45, 2.75) is 26.1 Å². The van der Waals surface area contributed by atoms with Crippen LogP contribution in [0, 0.1) is 0 Å². The largest absolute Gasteiger partial charge is 0.366 e. The van der Waals surface area contributed by atoms with E-state index in [9.17, 15) is 4.79 Å². The van der Waals surface area contributed by atoms with Crippen LogP contribution in [0.3, 0.4) is 0 Å². The van der Waals surface area contributed by atoms with Crippen LogP contribution in [-0.4, -0.2) is 20.6 Å². The Morgan fingerprint density at radius 3 is 2.13 bits per heavy atom. The Labute approximate surface area is 235 Å². The van der Waals surface area contributed by atoms with Crippen LogP contribution < -0.4 is 16.0 Å². The molecule has 39 heavy (non-hydrogen) atoms. The molecule has 0 unspecified atom stereocenters. The van der Waals surface area contributed by atoms with Crippen molar-refractivity contribution in [3.8, 4) is 11.3 Å². The molecular formula is C31H27BrN6O. The summed E-state index contributed by atoms with van der Waals surface area (Å²) in [5.41, 5.74) is 8.59. The van der Waals surface area contributed by atoms with Crippen molar-refractivity contribution in [3.05, 3.63) is 124 Å². The molecule has 3 N–H and O–H groups in total. The molecule has 0 spiro atoms. The molecule has 0 saturated carbocycles. The Hall–Kier alpha value is -4.43. The lowest BCUT2D eigenvalue weighted by Crippen LogP contribution is -2.34. The third kappa shape index (κ3) is 5.86. The predicted molar refractivity (Wildman–Crippen MR) is 158 cm³/mol. The van der Waals surface area contributed by atoms with E-state index in [-0.39, 0.29) is 6.03 Å². The fraction of sp³-hybridized carbons (Fsp3) is 0.129. The summed E-state index contributed by atoms with van der Waals surface area (Å²) in [6.45, 7) is 1.57. The van der Waals surface area contributed by atoms with Crippen molar-refractivity contribution in [1.29, 1.82) is 0 Å². The number of hydrogen-bond acceptors (Lipinski definition) is 4. The molecule has 2 aromatic heterocycles. The minimum atomic E-state index is -0.188. The van der Waals surface area contributed by atoms with Crippen molar-refractivity contribution in [2.24, 2.45) is 0 Å². The summed E-state index contributed by atoms with van der Waals surface area (Å²) in [7, 11) is 0. The quantitative estimate of drug-likeness (QED) is 0.185. The average Bonchev–Trinajstić information content (AvgIpc) is 3.77. The minimum absolute atomic E-state index is 0.188. The fourth-order valence-corrected chi connectivity index (χ4v) is 4.80. The lowest BCUT2D eigenvalue weighted by Gasteiger charge is -2.13. The second-order valence-corrected chi connectivity index (χ2v) is 10.3. The summed E-state index contributed by atoms with van der Waals surface area (Å²) >= 11 is 3.60. The number of benzene rings is 3. The zero-order chi connectivity index (χ0) is 26.6. The summed E-state index contributed by atoms with van der Waals surface area (Å²) in [5.74, 6) is 0.862. The maximum absolute atomic E-state index is 12.2. The monoisotopic (exact) mass is 578 g/mol. The number of fused-ring (bicyclic) bond motifs is 1. The molecule has 6 rings (SSSR count). The molecule has 0 radical (unpaired) electrons. The molecule has 194 valence electrons. The van der Waals surface area contributed by atoms with Crippen molar-refractivity contribution < 1.29 is 4.79 Å². The molecule has 3 aromatic carbocycles. The number of urea groups is 1. The number of anilines is 1. The van der Waals surface area contributed by atoms with Crippen LogP contribution in [0.2, 0.25) is 0 Å². The van der Waals surface area contributed by atoms with E-state index in [0.717, 1.165) is 50.3 Å². The van der Waals surface area contributed by atoms with E-state index in [1.807, 2.05) is 47.0 Å². The normalized spacial score (nSPS) is 12.2. The highest BCUT2D eigenvalue weighted by atomic mass is 79.9. The Morgan fingerprint density at radius 2 is 1.44 bits per heavy atom. The van der Waals surface area contributed by atoms with Gasteiger partial charge in [0.1, 0.15) is 5.82 Å². The van der Waals surface area contributed by atoms with Crippen molar-refractivity contribution in [3.63, 3.8) is 0 Å². The molecule has 0 bridgehead atoms. The van der Waals surface area contributed by atoms with Gasteiger partial charge in [-0.1, -0.05) is 84.9 Å². The zero-order valence-electron chi connectivity index (χ0n) is 21.2. The van der Waals surface area contributed by atoms with Crippen molar-refractivity contribution >= 4 is 39.0 Å². The smallest absolute Gasteiger partial charge is 0.315 e. The number of rotatable bonds is 9. The zero-order valence-corrected chi connectivity index (χ0v) is 22.8. The van der Waals surface area contributed by atoms with Gasteiger partial charge in [0, 0.05) is 31.3 Å². The van der Waals surface area contributed by atoms with Gasteiger partial charge in [-0.2, -0.15) is 9.61 Å². The standard InChI is InChI=1S/C31H27BrN6O/c32-27-20-36-38-29(16-28(37-30(27)38)26-9-5-4-8-25(26)24-14-15-24)33-17-22-10-12-23(13-11-22)19-35-31(39)34-18-21-6-2-1-3-7-21/h1-14,16,20,33H,15,17-19H2,(H2,34,35,39). The first-order valence-corrected chi connectivity index (χ1v) is 13.6. The molecule has 0 saturated heterocycles. The van der Waals surface area contributed by atoms with Crippen LogP contribution in [0.15, 0.2) is 102 Å². The van der Waals surface area contributed by atoms with E-state index in [1.165, 1.54) is 11.1 Å². The van der Waals surface area contributed by atoms with Gasteiger partial charge in [0.15, 0.2) is 5.65 Å². The van der Waals surface area contributed by atoms with Crippen LogP contribution in [0.1, 0.15) is 28.7 Å². The number of aromatic nitrogens is 3. The lowest BCUT2D eigenvalue weighted by atomic mass is 10.0. The first-order chi connectivity index (χ1) is 19.1. The van der Waals surface area contributed by atoms with Gasteiger partial charge in [0.2, 0.25) is 0 Å². The number of carbonyl (C=O) groups excluding carboxylic acids is 1. The SMILES string of the molecule is O=C(NCc1ccccc1)NCc1ccc(CNc2cc(-c3ccccc3C3=CC3)nc3c(Br)cnn23)cc1. The molecular weight excluding hydrogens is 552 g/mol. The Morgan fingerprint density at radius 1 is 0.821 bits per heavy atom. The van der Waals surface area contributed by atoms with E-state index in [2.05, 4.69) is 85.5 Å². The van der Waals surface area contributed by atoms with Gasteiger partial charge in [-0.05, 0) is 50.2 Å². The maximum atomic E-state index is 12.2. The van der Waals surface area contributed by atoms with E-state index < -0.39 is 0 Å². The second kappa shape index (κ2) is 11.1. The van der Waals surface area contributed by atoms with Crippen LogP contribution in [0.5, 0.6) is 0 Å². The number of hydrogen-bond donors (Lipinski definition) is 3. The molecule has 5 aromatic rings. The average molecular weight is 580 g/mol. The van der Waals surface area contributed by atoms with E-state index >= 15 is 0 Å². The lowest BCUT2D eigenvalue weighted by molar-refractivity contribution is 0.240. The molecule has 2 amide bonds. The molecule has 0 aliphatic heterocycles. The number of nitrogens with zero attached hydrogens (tertiary/aromatic N) is 3. The van der Waals surface area contributed by atoms with Gasteiger partial charge in [0.25, 0.3) is 0 Å². The summed E-state index contributed by atoms with van der Waals surface area (Å²) < 4.78 is 2.67. The second-order valence-electron chi connectivity index (χ2n) is 9.43. The summed E-state index contributed by atoms with van der Waals surface area (Å²) in [6.07, 6.45) is 5.04. The predicted octanol–water partition coefficient (Wildman–Crippen LogP) is 6.56. The molecule has 0 fully saturated rings. The minimum Gasteiger partial charge on any atom is -0.366 e. The van der Waals surface area contributed by atoms with Crippen LogP contribution in [0.25, 0.3) is 22.5 Å². The fourth-order valence-electron chi connectivity index (χ4n) is 4.45. The van der Waals surface area contributed by atoms with Crippen LogP contribution in [-0.2, 0) is 19.6 Å². The van der Waals surface area contributed by atoms with Gasteiger partial charge in [0.05, 0.1) is 16.4 Å². The summed E-state index contributed by atoms with van der Waals surface area (Å²) in [5, 5.41) is 13.9. The van der Waals surface area contributed by atoms with Gasteiger partial charge >= 0.3 is 6.03 Å². The highest BCUT2D eigenvalue weighted by molar-refractivity contribution is 9.10. The highest BCUT2D eigenvalue weighted by Gasteiger charge is 2.18. The molecule has 2 heterocycles. The van der Waals surface area contributed by atoms with Crippen LogP contribution in [0.4, 0.5) is 10.6 Å². The number of allylic oxidation sites excluding steroid dienone is 2. The third-order valence-electron chi connectivity index (χ3n) is 6.63. The third-order valence-corrected chi connectivity index (χ3v) is 7.19. The first-order valence-electron chi connectivity index (χ1n) is 12.8. The summed E-state index contributed by atoms with van der Waals surface area (Å²) in [6, 6.07) is 28.3. The number of nitrogens with one attached hydrogen (secondary N) is 3. The van der Waals surface area contributed by atoms with Gasteiger partial charge in [-0.3, -0.25) is 0 Å². The van der Waals surface area contributed by atoms with Crippen LogP contribution >= 0.6 is 15.9 Å². The molecule has 7 nitrogen and oxygen atoms in total. The molecule has 1 aliphatic rings. The van der Waals surface area contributed by atoms with E-state index in [4.69, 9.17) is 4.98 Å². The number of amides is 2. The topological polar surface area (TPSA) is 83.4 Å². The van der Waals surface area contributed by atoms with Gasteiger partial charge in [-0.15, -0.1) is 0 Å². The van der Waals surface area contributed by atoms with E-state index in [0.29, 0.717) is 19.6 Å². The Kier molecular flexibility index (Phi) is 7.10. The van der Waals surface area contributed by atoms with Crippen molar-refractivity contribution in [1.82, 2.24) is 25.2 Å². The van der Waals surface area contributed by atoms with E-state index in [1.54, 1.807) is 6.20 Å². The Bertz CT molecular complexity index is 1660. The Balaban J connectivity index is 1.11. The molecule has 8 heteroatoms. The first kappa shape index (κ1) is 24.9. The highest BCUT2D eigenvalue weighted by Crippen LogP contribution is 2.38. The van der Waals surface area contributed by atoms with Gasteiger partial charge < -0.3 is 16.0 Å². The number of halogens is 1. The van der Waals surface area contributed by atoms with Gasteiger partial charge in [-0.25, -0.2) is 9.78 Å². The summed E-state index contributed by atoms with van der Waals surface area (Å²) in [4.78, 5) is 17.1. The van der Waals surface area contributed by atoms with Crippen molar-refractivity contribution in [2.75, 3.05) is 5.32 Å². The number of carbonyl (C=O) groups is 1. The molecule has 1 aliphatic carbocycles. The molecule has 0 atom stereocenters. The maximum Gasteiger partial charge on any atom is 0.315 e.